The third kappa shape index (κ3) is 5.23. The predicted molar refractivity (Wildman–Crippen MR) is 124 cm³/mol. The van der Waals surface area contributed by atoms with Gasteiger partial charge in [0.05, 0.1) is 5.69 Å². The number of furan rings is 1. The zero-order valence-corrected chi connectivity index (χ0v) is 18.0. The van der Waals surface area contributed by atoms with Gasteiger partial charge in [0.2, 0.25) is 0 Å². The molecule has 5 nitrogen and oxygen atoms in total. The van der Waals surface area contributed by atoms with Crippen molar-refractivity contribution in [3.63, 3.8) is 0 Å². The maximum absolute atomic E-state index is 12.4. The normalized spacial score (nSPS) is 11.1. The van der Waals surface area contributed by atoms with Gasteiger partial charge in [-0.15, -0.1) is 0 Å². The lowest BCUT2D eigenvalue weighted by Crippen LogP contribution is -2.24. The van der Waals surface area contributed by atoms with Crippen molar-refractivity contribution in [2.24, 2.45) is 0 Å². The fourth-order valence-corrected chi connectivity index (χ4v) is 3.68. The molecule has 2 heterocycles. The first-order chi connectivity index (χ1) is 15.2. The lowest BCUT2D eigenvalue weighted by molar-refractivity contribution is 0.0953. The van der Waals surface area contributed by atoms with Gasteiger partial charge in [0.25, 0.3) is 5.91 Å². The van der Waals surface area contributed by atoms with Crippen LogP contribution in [0.2, 0.25) is 0 Å². The molecule has 1 N–H and O–H groups in total. The highest BCUT2D eigenvalue weighted by molar-refractivity contribution is 5.94. The number of fused-ring (bicyclic) bond motifs is 1. The van der Waals surface area contributed by atoms with E-state index in [9.17, 15) is 4.79 Å². The molecule has 0 fully saturated rings. The first-order valence-corrected chi connectivity index (χ1v) is 11.2. The van der Waals surface area contributed by atoms with Gasteiger partial charge in [-0.2, -0.15) is 5.10 Å². The number of hydrogen-bond acceptors (Lipinski definition) is 3. The highest BCUT2D eigenvalue weighted by Crippen LogP contribution is 2.26. The second-order valence-corrected chi connectivity index (χ2v) is 7.86. The molecule has 2 aromatic heterocycles. The number of amides is 1. The summed E-state index contributed by atoms with van der Waals surface area (Å²) in [5.74, 6) is 0.717. The fourth-order valence-electron chi connectivity index (χ4n) is 3.68. The lowest BCUT2D eigenvalue weighted by Gasteiger charge is -2.07. The third-order valence-electron chi connectivity index (χ3n) is 5.48. The molecule has 0 aliphatic heterocycles. The van der Waals surface area contributed by atoms with E-state index in [-0.39, 0.29) is 5.91 Å². The van der Waals surface area contributed by atoms with Crippen molar-refractivity contribution in [3.05, 3.63) is 72.4 Å². The molecule has 0 saturated heterocycles. The van der Waals surface area contributed by atoms with Gasteiger partial charge < -0.3 is 9.73 Å². The second kappa shape index (κ2) is 10.1. The van der Waals surface area contributed by atoms with Crippen LogP contribution >= 0.6 is 0 Å². The summed E-state index contributed by atoms with van der Waals surface area (Å²) in [4.78, 5) is 12.4. The van der Waals surface area contributed by atoms with Crippen LogP contribution in [0.25, 0.3) is 28.1 Å². The van der Waals surface area contributed by atoms with E-state index in [2.05, 4.69) is 17.3 Å². The van der Waals surface area contributed by atoms with Gasteiger partial charge in [-0.05, 0) is 48.9 Å². The summed E-state index contributed by atoms with van der Waals surface area (Å²) in [6.07, 6.45) is 9.20. The number of aromatic nitrogens is 2. The fraction of sp³-hybridized carbons (Fsp3) is 0.308. The van der Waals surface area contributed by atoms with Crippen LogP contribution in [0.5, 0.6) is 0 Å². The minimum absolute atomic E-state index is 0.0245. The lowest BCUT2D eigenvalue weighted by atomic mass is 10.1. The molecule has 4 aromatic rings. The summed E-state index contributed by atoms with van der Waals surface area (Å²) in [6.45, 7) is 2.95. The topological polar surface area (TPSA) is 60.1 Å². The van der Waals surface area contributed by atoms with Crippen molar-refractivity contribution in [1.82, 2.24) is 15.1 Å². The van der Waals surface area contributed by atoms with Crippen molar-refractivity contribution in [3.8, 4) is 17.1 Å². The van der Waals surface area contributed by atoms with E-state index in [1.165, 1.54) is 32.1 Å². The number of rotatable bonds is 10. The molecule has 0 atom stereocenters. The molecule has 2 aromatic carbocycles. The molecule has 0 aliphatic rings. The second-order valence-electron chi connectivity index (χ2n) is 7.86. The molecule has 31 heavy (non-hydrogen) atoms. The molecule has 0 spiro atoms. The molecular weight excluding hydrogens is 386 g/mol. The van der Waals surface area contributed by atoms with Crippen LogP contribution in [0, 0.1) is 0 Å². The molecule has 1 amide bonds. The van der Waals surface area contributed by atoms with Crippen molar-refractivity contribution in [2.75, 3.05) is 6.54 Å². The Balaban J connectivity index is 1.33. The quantitative estimate of drug-likeness (QED) is 0.306. The maximum atomic E-state index is 12.4. The van der Waals surface area contributed by atoms with Crippen LogP contribution < -0.4 is 5.32 Å². The number of para-hydroxylation sites is 1. The largest absolute Gasteiger partial charge is 0.454 e. The highest BCUT2D eigenvalue weighted by Gasteiger charge is 2.10. The average Bonchev–Trinajstić information content (AvgIpc) is 3.45. The minimum atomic E-state index is -0.0245. The molecule has 0 unspecified atom stereocenters. The summed E-state index contributed by atoms with van der Waals surface area (Å²) in [7, 11) is 0. The summed E-state index contributed by atoms with van der Waals surface area (Å²) >= 11 is 0. The molecule has 0 radical (unpaired) electrons. The van der Waals surface area contributed by atoms with Gasteiger partial charge in [-0.25, -0.2) is 4.68 Å². The van der Waals surface area contributed by atoms with Gasteiger partial charge in [0, 0.05) is 23.7 Å². The molecule has 0 saturated carbocycles. The summed E-state index contributed by atoms with van der Waals surface area (Å²) in [5, 5.41) is 8.71. The zero-order chi connectivity index (χ0) is 21.5. The average molecular weight is 416 g/mol. The molecular formula is C26H29N3O2. The van der Waals surface area contributed by atoms with Gasteiger partial charge >= 0.3 is 0 Å². The number of hydrogen-bond donors (Lipinski definition) is 1. The number of unbranched alkanes of at least 4 members (excludes halogenated alkanes) is 5. The molecule has 4 rings (SSSR count). The summed E-state index contributed by atoms with van der Waals surface area (Å²) < 4.78 is 7.69. The van der Waals surface area contributed by atoms with E-state index in [1.807, 2.05) is 66.9 Å². The zero-order valence-electron chi connectivity index (χ0n) is 18.0. The van der Waals surface area contributed by atoms with Crippen LogP contribution in [0.1, 0.15) is 55.8 Å². The number of carbonyl (C=O) groups is 1. The predicted octanol–water partition coefficient (Wildman–Crippen LogP) is 6.38. The number of benzene rings is 2. The van der Waals surface area contributed by atoms with Crippen LogP contribution in [0.15, 0.2) is 71.3 Å². The van der Waals surface area contributed by atoms with Crippen LogP contribution in [0.3, 0.4) is 0 Å². The Bertz CT molecular complexity index is 1090. The Morgan fingerprint density at radius 1 is 0.968 bits per heavy atom. The van der Waals surface area contributed by atoms with E-state index >= 15 is 0 Å². The number of carbonyl (C=O) groups excluding carboxylic acids is 1. The molecule has 0 bridgehead atoms. The Morgan fingerprint density at radius 3 is 2.55 bits per heavy atom. The number of nitrogens with zero attached hydrogens (tertiary/aromatic N) is 2. The van der Waals surface area contributed by atoms with Crippen molar-refractivity contribution in [1.29, 1.82) is 0 Å². The van der Waals surface area contributed by atoms with E-state index in [1.54, 1.807) is 4.68 Å². The van der Waals surface area contributed by atoms with Crippen LogP contribution in [-0.2, 0) is 0 Å². The van der Waals surface area contributed by atoms with Gasteiger partial charge in [0.1, 0.15) is 11.3 Å². The first-order valence-electron chi connectivity index (χ1n) is 11.2. The first kappa shape index (κ1) is 20.9. The van der Waals surface area contributed by atoms with E-state index in [0.717, 1.165) is 41.1 Å². The number of nitrogens with one attached hydrogen (secondary N) is 1. The summed E-state index contributed by atoms with van der Waals surface area (Å²) in [6, 6.07) is 19.4. The van der Waals surface area contributed by atoms with E-state index < -0.39 is 0 Å². The monoisotopic (exact) mass is 415 g/mol. The minimum Gasteiger partial charge on any atom is -0.454 e. The smallest absolute Gasteiger partial charge is 0.251 e. The van der Waals surface area contributed by atoms with Gasteiger partial charge in [-0.3, -0.25) is 4.79 Å². The van der Waals surface area contributed by atoms with E-state index in [4.69, 9.17) is 4.42 Å². The third-order valence-corrected chi connectivity index (χ3v) is 5.48. The Morgan fingerprint density at radius 2 is 1.74 bits per heavy atom. The Labute approximate surface area is 183 Å². The summed E-state index contributed by atoms with van der Waals surface area (Å²) in [5.41, 5.74) is 3.19. The van der Waals surface area contributed by atoms with Crippen molar-refractivity contribution >= 4 is 16.9 Å². The highest BCUT2D eigenvalue weighted by atomic mass is 16.3. The Kier molecular flexibility index (Phi) is 6.82. The van der Waals surface area contributed by atoms with Crippen molar-refractivity contribution in [2.45, 2.75) is 45.4 Å². The van der Waals surface area contributed by atoms with Crippen molar-refractivity contribution < 1.29 is 9.21 Å². The molecule has 5 heteroatoms. The van der Waals surface area contributed by atoms with Gasteiger partial charge in [0.15, 0.2) is 5.76 Å². The maximum Gasteiger partial charge on any atom is 0.251 e. The van der Waals surface area contributed by atoms with E-state index in [0.29, 0.717) is 5.56 Å². The molecule has 0 aliphatic carbocycles. The SMILES string of the molecule is CCCCCCCCNC(=O)c1ccc(-n2ccc(-c3cc4ccccc4o3)n2)cc1. The van der Waals surface area contributed by atoms with Crippen LogP contribution in [-0.4, -0.2) is 22.2 Å². The van der Waals surface area contributed by atoms with Gasteiger partial charge in [-0.1, -0.05) is 57.2 Å². The van der Waals surface area contributed by atoms with Crippen LogP contribution in [0.4, 0.5) is 0 Å². The Hall–Kier alpha value is -3.34. The molecule has 160 valence electrons. The standard InChI is InChI=1S/C26H29N3O2/c1-2-3-4-5-6-9-17-27-26(30)20-12-14-22(15-13-20)29-18-16-23(28-29)25-19-21-10-7-8-11-24(21)31-25/h7-8,10-16,18-19H,2-6,9,17H2,1H3,(H,27,30).